The van der Waals surface area contributed by atoms with Gasteiger partial charge in [-0.25, -0.2) is 8.42 Å². The van der Waals surface area contributed by atoms with E-state index < -0.39 is 10.0 Å². The van der Waals surface area contributed by atoms with E-state index in [1.807, 2.05) is 38.1 Å². The summed E-state index contributed by atoms with van der Waals surface area (Å²) >= 11 is 0. The van der Waals surface area contributed by atoms with Gasteiger partial charge in [0, 0.05) is 5.69 Å². The van der Waals surface area contributed by atoms with Gasteiger partial charge in [0.25, 0.3) is 5.91 Å². The molecule has 1 amide bonds. The molecular formula is C21H25N4O3S+. The Labute approximate surface area is 171 Å². The van der Waals surface area contributed by atoms with Crippen LogP contribution in [0.25, 0.3) is 0 Å². The number of carbonyl (C=O) groups excluding carboxylic acids is 1. The van der Waals surface area contributed by atoms with E-state index in [-0.39, 0.29) is 22.9 Å². The van der Waals surface area contributed by atoms with Crippen molar-refractivity contribution in [3.05, 3.63) is 59.2 Å². The molecule has 3 rings (SSSR count). The predicted octanol–water partition coefficient (Wildman–Crippen LogP) is 0.703. The Hall–Kier alpha value is -2.73. The third-order valence-electron chi connectivity index (χ3n) is 5.12. The highest BCUT2D eigenvalue weighted by Gasteiger charge is 2.32. The van der Waals surface area contributed by atoms with Crippen LogP contribution in [0.1, 0.15) is 16.7 Å². The first-order chi connectivity index (χ1) is 13.8. The zero-order valence-corrected chi connectivity index (χ0v) is 17.4. The molecule has 0 radical (unpaired) electrons. The lowest BCUT2D eigenvalue weighted by atomic mass is 10.1. The summed E-state index contributed by atoms with van der Waals surface area (Å²) in [6.45, 7) is 5.95. The van der Waals surface area contributed by atoms with Gasteiger partial charge in [0.15, 0.2) is 6.54 Å². The number of benzene rings is 2. The topological polar surface area (TPSA) is 94.7 Å². The number of nitrogens with one attached hydrogen (secondary N) is 2. The molecule has 1 aliphatic heterocycles. The molecule has 0 aliphatic carbocycles. The summed E-state index contributed by atoms with van der Waals surface area (Å²) in [5.74, 6) is -0.0851. The van der Waals surface area contributed by atoms with Crippen molar-refractivity contribution < 1.29 is 18.1 Å². The van der Waals surface area contributed by atoms with Crippen LogP contribution in [0.4, 0.5) is 5.69 Å². The SMILES string of the molecule is Cc1ccc(NC(=O)C[NH+]2CCN(S(=O)(=O)c3ccccc3C#N)CC2)c(C)c1. The molecule has 0 spiro atoms. The molecule has 152 valence electrons. The summed E-state index contributed by atoms with van der Waals surface area (Å²) in [5, 5.41) is 12.1. The van der Waals surface area contributed by atoms with E-state index in [2.05, 4.69) is 5.32 Å². The number of sulfonamides is 1. The molecule has 0 aromatic heterocycles. The van der Waals surface area contributed by atoms with Crippen LogP contribution >= 0.6 is 0 Å². The van der Waals surface area contributed by atoms with Crippen LogP contribution in [0.5, 0.6) is 0 Å². The molecule has 0 saturated carbocycles. The molecule has 2 N–H and O–H groups in total. The fourth-order valence-corrected chi connectivity index (χ4v) is 5.10. The van der Waals surface area contributed by atoms with Crippen molar-refractivity contribution in [1.29, 1.82) is 5.26 Å². The summed E-state index contributed by atoms with van der Waals surface area (Å²) < 4.78 is 27.2. The van der Waals surface area contributed by atoms with E-state index >= 15 is 0 Å². The minimum absolute atomic E-state index is 0.0403. The summed E-state index contributed by atoms with van der Waals surface area (Å²) in [5.41, 5.74) is 3.10. The Balaban J connectivity index is 1.59. The Bertz CT molecular complexity index is 1050. The van der Waals surface area contributed by atoms with Crippen LogP contribution in [0.2, 0.25) is 0 Å². The first kappa shape index (κ1) is 21.0. The van der Waals surface area contributed by atoms with Crippen LogP contribution in [0.15, 0.2) is 47.4 Å². The maximum Gasteiger partial charge on any atom is 0.279 e. The smallest absolute Gasteiger partial charge is 0.279 e. The third kappa shape index (κ3) is 4.82. The number of rotatable bonds is 5. The molecule has 7 nitrogen and oxygen atoms in total. The molecule has 2 aromatic rings. The van der Waals surface area contributed by atoms with Crippen LogP contribution < -0.4 is 10.2 Å². The van der Waals surface area contributed by atoms with Crippen LogP contribution in [-0.4, -0.2) is 51.4 Å². The average Bonchev–Trinajstić information content (AvgIpc) is 2.70. The minimum Gasteiger partial charge on any atom is -0.325 e. The number of carbonyl (C=O) groups is 1. The number of nitriles is 1. The molecule has 1 heterocycles. The monoisotopic (exact) mass is 413 g/mol. The molecule has 1 saturated heterocycles. The molecular weight excluding hydrogens is 388 g/mol. The van der Waals surface area contributed by atoms with E-state index in [1.165, 1.54) is 16.4 Å². The summed E-state index contributed by atoms with van der Waals surface area (Å²) in [6.07, 6.45) is 0. The maximum atomic E-state index is 12.9. The standard InChI is InChI=1S/C21H24N4O3S/c1-16-7-8-19(17(2)13-16)23-21(26)15-24-9-11-25(12-10-24)29(27,28)20-6-4-3-5-18(20)14-22/h3-8,13H,9-12,15H2,1-2H3,(H,23,26)/p+1. The van der Waals surface area contributed by atoms with Crippen molar-refractivity contribution in [2.45, 2.75) is 18.7 Å². The zero-order valence-electron chi connectivity index (χ0n) is 16.6. The lowest BCUT2D eigenvalue weighted by Gasteiger charge is -2.31. The van der Waals surface area contributed by atoms with E-state index in [0.717, 1.165) is 21.7 Å². The van der Waals surface area contributed by atoms with Crippen molar-refractivity contribution in [2.24, 2.45) is 0 Å². The van der Waals surface area contributed by atoms with Gasteiger partial charge in [-0.2, -0.15) is 9.57 Å². The van der Waals surface area contributed by atoms with Crippen molar-refractivity contribution in [1.82, 2.24) is 4.31 Å². The third-order valence-corrected chi connectivity index (χ3v) is 7.08. The fraction of sp³-hybridized carbons (Fsp3) is 0.333. The molecule has 2 aromatic carbocycles. The average molecular weight is 414 g/mol. The summed E-state index contributed by atoms with van der Waals surface area (Å²) in [7, 11) is -3.72. The predicted molar refractivity (Wildman–Crippen MR) is 110 cm³/mol. The van der Waals surface area contributed by atoms with Gasteiger partial charge >= 0.3 is 0 Å². The number of amides is 1. The highest BCUT2D eigenvalue weighted by Crippen LogP contribution is 2.19. The van der Waals surface area contributed by atoms with E-state index in [1.54, 1.807) is 12.1 Å². The Morgan fingerprint density at radius 2 is 1.86 bits per heavy atom. The molecule has 1 aliphatic rings. The van der Waals surface area contributed by atoms with Gasteiger partial charge in [-0.15, -0.1) is 0 Å². The lowest BCUT2D eigenvalue weighted by Crippen LogP contribution is -3.15. The maximum absolute atomic E-state index is 12.9. The fourth-order valence-electron chi connectivity index (χ4n) is 3.52. The van der Waals surface area contributed by atoms with Crippen molar-refractivity contribution in [3.8, 4) is 6.07 Å². The van der Waals surface area contributed by atoms with Crippen molar-refractivity contribution >= 4 is 21.6 Å². The number of piperazine rings is 1. The van der Waals surface area contributed by atoms with Gasteiger partial charge in [0.1, 0.15) is 6.07 Å². The van der Waals surface area contributed by atoms with E-state index in [0.29, 0.717) is 26.2 Å². The minimum atomic E-state index is -3.72. The molecule has 0 bridgehead atoms. The van der Waals surface area contributed by atoms with E-state index in [4.69, 9.17) is 0 Å². The summed E-state index contributed by atoms with van der Waals surface area (Å²) in [4.78, 5) is 13.5. The Kier molecular flexibility index (Phi) is 6.33. The second-order valence-corrected chi connectivity index (χ2v) is 9.21. The van der Waals surface area contributed by atoms with Crippen molar-refractivity contribution in [3.63, 3.8) is 0 Å². The Morgan fingerprint density at radius 1 is 1.17 bits per heavy atom. The number of hydrogen-bond donors (Lipinski definition) is 2. The second kappa shape index (κ2) is 8.74. The van der Waals surface area contributed by atoms with Gasteiger partial charge < -0.3 is 10.2 Å². The molecule has 0 atom stereocenters. The second-order valence-electron chi connectivity index (χ2n) is 7.31. The Morgan fingerprint density at radius 3 is 2.52 bits per heavy atom. The van der Waals surface area contributed by atoms with Gasteiger partial charge in [0.05, 0.1) is 36.6 Å². The normalized spacial score (nSPS) is 15.6. The van der Waals surface area contributed by atoms with Crippen LogP contribution in [-0.2, 0) is 14.8 Å². The van der Waals surface area contributed by atoms with E-state index in [9.17, 15) is 18.5 Å². The number of anilines is 1. The number of quaternary nitrogens is 1. The van der Waals surface area contributed by atoms with Crippen molar-refractivity contribution in [2.75, 3.05) is 38.0 Å². The quantitative estimate of drug-likeness (QED) is 0.755. The highest BCUT2D eigenvalue weighted by atomic mass is 32.2. The molecule has 1 fully saturated rings. The number of hydrogen-bond acceptors (Lipinski definition) is 4. The van der Waals surface area contributed by atoms with Gasteiger partial charge in [-0.05, 0) is 37.6 Å². The van der Waals surface area contributed by atoms with Gasteiger partial charge in [-0.1, -0.05) is 29.8 Å². The highest BCUT2D eigenvalue weighted by molar-refractivity contribution is 7.89. The molecule has 29 heavy (non-hydrogen) atoms. The number of aryl methyl sites for hydroxylation is 2. The first-order valence-corrected chi connectivity index (χ1v) is 10.9. The molecule has 0 unspecified atom stereocenters. The first-order valence-electron chi connectivity index (χ1n) is 9.51. The molecule has 8 heteroatoms. The van der Waals surface area contributed by atoms with Gasteiger partial charge in [-0.3, -0.25) is 4.79 Å². The van der Waals surface area contributed by atoms with Gasteiger partial charge in [0.2, 0.25) is 10.0 Å². The van der Waals surface area contributed by atoms with Crippen LogP contribution in [0, 0.1) is 25.2 Å². The largest absolute Gasteiger partial charge is 0.325 e. The lowest BCUT2D eigenvalue weighted by molar-refractivity contribution is -0.895. The summed E-state index contributed by atoms with van der Waals surface area (Å²) in [6, 6.07) is 14.0. The number of nitrogens with zero attached hydrogens (tertiary/aromatic N) is 2. The van der Waals surface area contributed by atoms with Crippen LogP contribution in [0.3, 0.4) is 0 Å². The zero-order chi connectivity index (χ0) is 21.0.